The minimum absolute atomic E-state index is 0.182. The molecule has 1 aromatic heterocycles. The highest BCUT2D eigenvalue weighted by molar-refractivity contribution is 7.13. The van der Waals surface area contributed by atoms with E-state index in [1.165, 1.54) is 24.0 Å². The van der Waals surface area contributed by atoms with Gasteiger partial charge in [0.1, 0.15) is 5.01 Å². The van der Waals surface area contributed by atoms with Crippen LogP contribution in [0.1, 0.15) is 50.3 Å². The predicted molar refractivity (Wildman–Crippen MR) is 113 cm³/mol. The molecule has 1 fully saturated rings. The second kappa shape index (κ2) is 10.00. The Morgan fingerprint density at radius 1 is 1.22 bits per heavy atom. The minimum atomic E-state index is 0.182. The first kappa shape index (κ1) is 20.0. The van der Waals surface area contributed by atoms with E-state index in [0.717, 1.165) is 56.1 Å². The quantitative estimate of drug-likeness (QED) is 0.674. The van der Waals surface area contributed by atoms with Crippen molar-refractivity contribution < 1.29 is 4.79 Å². The van der Waals surface area contributed by atoms with Crippen LogP contribution in [0.5, 0.6) is 0 Å². The van der Waals surface area contributed by atoms with Gasteiger partial charge in [-0.15, -0.1) is 11.3 Å². The molecular formula is C22H31N3OS. The van der Waals surface area contributed by atoms with Crippen LogP contribution in [0.15, 0.2) is 29.6 Å². The summed E-state index contributed by atoms with van der Waals surface area (Å²) in [5.74, 6) is 0.433. The van der Waals surface area contributed by atoms with Crippen LogP contribution in [0.4, 0.5) is 0 Å². The van der Waals surface area contributed by atoms with Crippen molar-refractivity contribution in [3.63, 3.8) is 0 Å². The number of rotatable bonds is 8. The maximum Gasteiger partial charge on any atom is 0.223 e. The van der Waals surface area contributed by atoms with Gasteiger partial charge in [-0.2, -0.15) is 0 Å². The molecule has 1 amide bonds. The summed E-state index contributed by atoms with van der Waals surface area (Å²) in [5, 5.41) is 6.37. The Kier molecular flexibility index (Phi) is 7.41. The molecule has 0 unspecified atom stereocenters. The van der Waals surface area contributed by atoms with Gasteiger partial charge >= 0.3 is 0 Å². The van der Waals surface area contributed by atoms with Crippen molar-refractivity contribution in [2.24, 2.45) is 5.92 Å². The van der Waals surface area contributed by atoms with E-state index >= 15 is 0 Å². The number of nitrogens with one attached hydrogen (secondary N) is 1. The number of likely N-dealkylation sites (tertiary alicyclic amines) is 1. The molecule has 0 bridgehead atoms. The standard InChI is InChI=1S/C22H31N3OS/c1-3-4-5-12-23-21(26)18-10-13-25(14-11-18)15-20-16-27-22(24-20)19-8-6-17(2)7-9-19/h6-9,16,18H,3-5,10-15H2,1-2H3,(H,23,26). The van der Waals surface area contributed by atoms with E-state index < -0.39 is 0 Å². The van der Waals surface area contributed by atoms with Crippen molar-refractivity contribution in [1.82, 2.24) is 15.2 Å². The molecule has 0 aliphatic carbocycles. The van der Waals surface area contributed by atoms with Gasteiger partial charge in [-0.05, 0) is 39.3 Å². The largest absolute Gasteiger partial charge is 0.356 e. The van der Waals surface area contributed by atoms with E-state index in [4.69, 9.17) is 4.98 Å². The number of benzene rings is 1. The molecule has 4 nitrogen and oxygen atoms in total. The van der Waals surface area contributed by atoms with Crippen LogP contribution in [-0.4, -0.2) is 35.4 Å². The highest BCUT2D eigenvalue weighted by atomic mass is 32.1. The lowest BCUT2D eigenvalue weighted by Gasteiger charge is -2.30. The fraction of sp³-hybridized carbons (Fsp3) is 0.545. The Bertz CT molecular complexity index is 717. The summed E-state index contributed by atoms with van der Waals surface area (Å²) in [6.45, 7) is 7.95. The van der Waals surface area contributed by atoms with Crippen LogP contribution in [0, 0.1) is 12.8 Å². The monoisotopic (exact) mass is 385 g/mol. The highest BCUT2D eigenvalue weighted by Crippen LogP contribution is 2.25. The number of aromatic nitrogens is 1. The van der Waals surface area contributed by atoms with Gasteiger partial charge in [0, 0.05) is 30.0 Å². The molecule has 1 aliphatic rings. The van der Waals surface area contributed by atoms with Crippen LogP contribution in [0.2, 0.25) is 0 Å². The van der Waals surface area contributed by atoms with Crippen molar-refractivity contribution in [2.75, 3.05) is 19.6 Å². The number of amides is 1. The molecule has 5 heteroatoms. The van der Waals surface area contributed by atoms with E-state index in [-0.39, 0.29) is 11.8 Å². The second-order valence-electron chi connectivity index (χ2n) is 7.56. The molecule has 1 aromatic carbocycles. The number of unbranched alkanes of at least 4 members (excludes halogenated alkanes) is 2. The SMILES string of the molecule is CCCCCNC(=O)C1CCN(Cc2csc(-c3ccc(C)cc3)n2)CC1. The van der Waals surface area contributed by atoms with Gasteiger partial charge in [-0.1, -0.05) is 49.6 Å². The number of piperidine rings is 1. The maximum absolute atomic E-state index is 12.3. The lowest BCUT2D eigenvalue weighted by Crippen LogP contribution is -2.40. The molecule has 0 radical (unpaired) electrons. The Morgan fingerprint density at radius 3 is 2.67 bits per heavy atom. The average Bonchev–Trinajstić information content (AvgIpc) is 3.15. The van der Waals surface area contributed by atoms with Crippen LogP contribution < -0.4 is 5.32 Å². The minimum Gasteiger partial charge on any atom is -0.356 e. The molecule has 1 N–H and O–H groups in total. The molecule has 3 rings (SSSR count). The first-order valence-electron chi connectivity index (χ1n) is 10.2. The first-order valence-corrected chi connectivity index (χ1v) is 11.0. The molecule has 0 spiro atoms. The smallest absolute Gasteiger partial charge is 0.223 e. The summed E-state index contributed by atoms with van der Waals surface area (Å²) in [7, 11) is 0. The molecule has 1 saturated heterocycles. The lowest BCUT2D eigenvalue weighted by atomic mass is 9.96. The zero-order valence-corrected chi connectivity index (χ0v) is 17.4. The molecule has 0 atom stereocenters. The highest BCUT2D eigenvalue weighted by Gasteiger charge is 2.25. The molecule has 2 aromatic rings. The number of nitrogens with zero attached hydrogens (tertiary/aromatic N) is 2. The number of aryl methyl sites for hydroxylation is 1. The van der Waals surface area contributed by atoms with Gasteiger partial charge in [0.25, 0.3) is 0 Å². The molecule has 146 valence electrons. The molecule has 27 heavy (non-hydrogen) atoms. The van der Waals surface area contributed by atoms with E-state index in [1.807, 2.05) is 0 Å². The number of hydrogen-bond donors (Lipinski definition) is 1. The summed E-state index contributed by atoms with van der Waals surface area (Å²) in [4.78, 5) is 19.5. The number of hydrogen-bond acceptors (Lipinski definition) is 4. The first-order chi connectivity index (χ1) is 13.2. The van der Waals surface area contributed by atoms with E-state index in [1.54, 1.807) is 11.3 Å². The van der Waals surface area contributed by atoms with Crippen molar-refractivity contribution >= 4 is 17.2 Å². The van der Waals surface area contributed by atoms with Crippen LogP contribution >= 0.6 is 11.3 Å². The van der Waals surface area contributed by atoms with Gasteiger partial charge < -0.3 is 5.32 Å². The summed E-state index contributed by atoms with van der Waals surface area (Å²) in [6, 6.07) is 8.55. The Hall–Kier alpha value is -1.72. The van der Waals surface area contributed by atoms with E-state index in [2.05, 4.69) is 53.7 Å². The zero-order valence-electron chi connectivity index (χ0n) is 16.5. The maximum atomic E-state index is 12.3. The van der Waals surface area contributed by atoms with Crippen LogP contribution in [0.25, 0.3) is 10.6 Å². The summed E-state index contributed by atoms with van der Waals surface area (Å²) in [6.07, 6.45) is 5.38. The normalized spacial score (nSPS) is 15.8. The van der Waals surface area contributed by atoms with Gasteiger partial charge in [-0.3, -0.25) is 9.69 Å². The van der Waals surface area contributed by atoms with Crippen molar-refractivity contribution in [3.05, 3.63) is 40.9 Å². The van der Waals surface area contributed by atoms with E-state index in [0.29, 0.717) is 0 Å². The van der Waals surface area contributed by atoms with Gasteiger partial charge in [0.05, 0.1) is 5.69 Å². The van der Waals surface area contributed by atoms with Crippen molar-refractivity contribution in [3.8, 4) is 10.6 Å². The predicted octanol–water partition coefficient (Wildman–Crippen LogP) is 4.64. The third kappa shape index (κ3) is 5.88. The summed E-state index contributed by atoms with van der Waals surface area (Å²) in [5.41, 5.74) is 3.60. The Morgan fingerprint density at radius 2 is 1.96 bits per heavy atom. The lowest BCUT2D eigenvalue weighted by molar-refractivity contribution is -0.126. The van der Waals surface area contributed by atoms with Gasteiger partial charge in [0.2, 0.25) is 5.91 Å². The third-order valence-corrected chi connectivity index (χ3v) is 6.21. The number of thiazole rings is 1. The number of carbonyl (C=O) groups excluding carboxylic acids is 1. The summed E-state index contributed by atoms with van der Waals surface area (Å²) < 4.78 is 0. The fourth-order valence-corrected chi connectivity index (χ4v) is 4.34. The van der Waals surface area contributed by atoms with Crippen LogP contribution in [0.3, 0.4) is 0 Å². The average molecular weight is 386 g/mol. The fourth-order valence-electron chi connectivity index (χ4n) is 3.52. The molecule has 1 aliphatic heterocycles. The van der Waals surface area contributed by atoms with Crippen LogP contribution in [-0.2, 0) is 11.3 Å². The third-order valence-electron chi connectivity index (χ3n) is 5.27. The van der Waals surface area contributed by atoms with Gasteiger partial charge in [0.15, 0.2) is 0 Å². The summed E-state index contributed by atoms with van der Waals surface area (Å²) >= 11 is 1.71. The van der Waals surface area contributed by atoms with E-state index in [9.17, 15) is 4.79 Å². The Labute approximate surface area is 167 Å². The Balaban J connectivity index is 1.44. The topological polar surface area (TPSA) is 45.2 Å². The zero-order chi connectivity index (χ0) is 19.1. The molecule has 0 saturated carbocycles. The molecule has 2 heterocycles. The number of carbonyl (C=O) groups is 1. The van der Waals surface area contributed by atoms with Crippen molar-refractivity contribution in [1.29, 1.82) is 0 Å². The molecular weight excluding hydrogens is 354 g/mol. The van der Waals surface area contributed by atoms with Gasteiger partial charge in [-0.25, -0.2) is 4.98 Å². The second-order valence-corrected chi connectivity index (χ2v) is 8.42. The van der Waals surface area contributed by atoms with Crippen molar-refractivity contribution in [2.45, 2.75) is 52.5 Å².